The number of nitrogens with zero attached hydrogens (tertiary/aromatic N) is 1. The standard InChI is InChI=1S/C20H26N4O/c1-15-7-5-6-8-16(15)13-21-18-11-12-19(22-14-18)24-20(25)23-17-9-3-2-4-10-17/h5-8,11-12,14,17,21H,2-4,9-10,13H2,1H3,(H2,22,23,24,25). The molecule has 3 rings (SSSR count). The molecule has 1 aromatic carbocycles. The van der Waals surface area contributed by atoms with Crippen LogP contribution in [0.2, 0.25) is 0 Å². The van der Waals surface area contributed by atoms with Gasteiger partial charge in [-0.25, -0.2) is 9.78 Å². The Bertz CT molecular complexity index is 693. The number of amides is 2. The Morgan fingerprint density at radius 2 is 1.92 bits per heavy atom. The van der Waals surface area contributed by atoms with Crippen molar-refractivity contribution in [3.05, 3.63) is 53.7 Å². The number of carbonyl (C=O) groups excluding carboxylic acids is 1. The van der Waals surface area contributed by atoms with Crippen molar-refractivity contribution < 1.29 is 4.79 Å². The van der Waals surface area contributed by atoms with E-state index in [1.807, 2.05) is 24.3 Å². The maximum Gasteiger partial charge on any atom is 0.320 e. The highest BCUT2D eigenvalue weighted by atomic mass is 16.2. The van der Waals surface area contributed by atoms with Crippen molar-refractivity contribution in [1.29, 1.82) is 0 Å². The van der Waals surface area contributed by atoms with Gasteiger partial charge in [0.2, 0.25) is 0 Å². The number of aryl methyl sites for hydroxylation is 1. The quantitative estimate of drug-likeness (QED) is 0.754. The van der Waals surface area contributed by atoms with E-state index in [1.165, 1.54) is 30.4 Å². The first-order valence-corrected chi connectivity index (χ1v) is 9.02. The van der Waals surface area contributed by atoms with Gasteiger partial charge in [0.05, 0.1) is 11.9 Å². The minimum absolute atomic E-state index is 0.167. The fraction of sp³-hybridized carbons (Fsp3) is 0.400. The molecule has 0 spiro atoms. The highest BCUT2D eigenvalue weighted by molar-refractivity contribution is 5.88. The van der Waals surface area contributed by atoms with Gasteiger partial charge in [-0.2, -0.15) is 0 Å². The SMILES string of the molecule is Cc1ccccc1CNc1ccc(NC(=O)NC2CCCCC2)nc1. The van der Waals surface area contributed by atoms with Crippen LogP contribution in [0.1, 0.15) is 43.2 Å². The van der Waals surface area contributed by atoms with Crippen molar-refractivity contribution >= 4 is 17.5 Å². The molecule has 132 valence electrons. The number of anilines is 2. The largest absolute Gasteiger partial charge is 0.380 e. The molecule has 25 heavy (non-hydrogen) atoms. The number of carbonyl (C=O) groups is 1. The van der Waals surface area contributed by atoms with Crippen molar-refractivity contribution in [3.63, 3.8) is 0 Å². The normalized spacial score (nSPS) is 14.8. The Balaban J connectivity index is 1.48. The summed E-state index contributed by atoms with van der Waals surface area (Å²) in [7, 11) is 0. The van der Waals surface area contributed by atoms with Crippen LogP contribution < -0.4 is 16.0 Å². The van der Waals surface area contributed by atoms with E-state index >= 15 is 0 Å². The molecule has 0 aliphatic heterocycles. The monoisotopic (exact) mass is 338 g/mol. The fourth-order valence-electron chi connectivity index (χ4n) is 3.16. The second-order valence-corrected chi connectivity index (χ2v) is 6.65. The van der Waals surface area contributed by atoms with Crippen molar-refractivity contribution in [2.24, 2.45) is 0 Å². The Morgan fingerprint density at radius 1 is 1.12 bits per heavy atom. The first kappa shape index (κ1) is 17.3. The number of pyridine rings is 1. The molecule has 1 aliphatic carbocycles. The van der Waals surface area contributed by atoms with Gasteiger partial charge in [-0.05, 0) is 43.0 Å². The molecule has 1 aromatic heterocycles. The van der Waals surface area contributed by atoms with Gasteiger partial charge in [-0.15, -0.1) is 0 Å². The van der Waals surface area contributed by atoms with Crippen LogP contribution in [0.4, 0.5) is 16.3 Å². The molecule has 0 bridgehead atoms. The smallest absolute Gasteiger partial charge is 0.320 e. The zero-order valence-electron chi connectivity index (χ0n) is 14.7. The molecule has 0 radical (unpaired) electrons. The van der Waals surface area contributed by atoms with E-state index in [0.29, 0.717) is 11.9 Å². The number of hydrogen-bond donors (Lipinski definition) is 3. The predicted molar refractivity (Wildman–Crippen MR) is 102 cm³/mol. The van der Waals surface area contributed by atoms with Crippen LogP contribution in [0.3, 0.4) is 0 Å². The molecule has 1 heterocycles. The lowest BCUT2D eigenvalue weighted by Gasteiger charge is -2.22. The van der Waals surface area contributed by atoms with Gasteiger partial charge >= 0.3 is 6.03 Å². The summed E-state index contributed by atoms with van der Waals surface area (Å²) in [6.07, 6.45) is 7.56. The van der Waals surface area contributed by atoms with Gasteiger partial charge in [-0.1, -0.05) is 43.5 Å². The summed E-state index contributed by atoms with van der Waals surface area (Å²) in [6.45, 7) is 2.86. The molecule has 2 amide bonds. The Hall–Kier alpha value is -2.56. The molecule has 1 aliphatic rings. The third-order valence-corrected chi connectivity index (χ3v) is 4.69. The van der Waals surface area contributed by atoms with Crippen molar-refractivity contribution in [2.75, 3.05) is 10.6 Å². The molecule has 5 heteroatoms. The number of benzene rings is 1. The summed E-state index contributed by atoms with van der Waals surface area (Å²) in [5.74, 6) is 0.565. The van der Waals surface area contributed by atoms with Gasteiger partial charge in [0.25, 0.3) is 0 Å². The highest BCUT2D eigenvalue weighted by Crippen LogP contribution is 2.18. The Kier molecular flexibility index (Phi) is 5.88. The van der Waals surface area contributed by atoms with Gasteiger partial charge in [-0.3, -0.25) is 5.32 Å². The average Bonchev–Trinajstić information content (AvgIpc) is 2.63. The highest BCUT2D eigenvalue weighted by Gasteiger charge is 2.15. The minimum atomic E-state index is -0.167. The van der Waals surface area contributed by atoms with E-state index < -0.39 is 0 Å². The van der Waals surface area contributed by atoms with E-state index in [1.54, 1.807) is 6.20 Å². The predicted octanol–water partition coefficient (Wildman–Crippen LogP) is 4.46. The number of nitrogens with one attached hydrogen (secondary N) is 3. The minimum Gasteiger partial charge on any atom is -0.380 e. The number of hydrogen-bond acceptors (Lipinski definition) is 3. The fourth-order valence-corrected chi connectivity index (χ4v) is 3.16. The van der Waals surface area contributed by atoms with Crippen LogP contribution >= 0.6 is 0 Å². The first-order valence-electron chi connectivity index (χ1n) is 9.02. The number of aromatic nitrogens is 1. The van der Waals surface area contributed by atoms with Crippen LogP contribution in [-0.4, -0.2) is 17.1 Å². The summed E-state index contributed by atoms with van der Waals surface area (Å²) in [5, 5.41) is 9.20. The third-order valence-electron chi connectivity index (χ3n) is 4.69. The molecule has 2 aromatic rings. The van der Waals surface area contributed by atoms with Crippen molar-refractivity contribution in [1.82, 2.24) is 10.3 Å². The lowest BCUT2D eigenvalue weighted by Crippen LogP contribution is -2.39. The number of rotatable bonds is 5. The van der Waals surface area contributed by atoms with Crippen LogP contribution in [0.15, 0.2) is 42.6 Å². The Labute approximate surface area is 149 Å². The molecule has 1 fully saturated rings. The van der Waals surface area contributed by atoms with Gasteiger partial charge in [0.15, 0.2) is 0 Å². The zero-order chi connectivity index (χ0) is 17.5. The summed E-state index contributed by atoms with van der Waals surface area (Å²) in [5.41, 5.74) is 3.46. The van der Waals surface area contributed by atoms with E-state index in [9.17, 15) is 4.79 Å². The van der Waals surface area contributed by atoms with Crippen LogP contribution in [0.25, 0.3) is 0 Å². The molecule has 5 nitrogen and oxygen atoms in total. The molecule has 0 saturated heterocycles. The summed E-state index contributed by atoms with van der Waals surface area (Å²) < 4.78 is 0. The van der Waals surface area contributed by atoms with Crippen LogP contribution in [0, 0.1) is 6.92 Å². The molecule has 3 N–H and O–H groups in total. The summed E-state index contributed by atoms with van der Waals surface area (Å²) in [6, 6.07) is 12.2. The first-order chi connectivity index (χ1) is 12.2. The number of urea groups is 1. The summed E-state index contributed by atoms with van der Waals surface area (Å²) in [4.78, 5) is 16.3. The molecule has 1 saturated carbocycles. The second-order valence-electron chi connectivity index (χ2n) is 6.65. The van der Waals surface area contributed by atoms with Gasteiger partial charge < -0.3 is 10.6 Å². The second kappa shape index (κ2) is 8.51. The zero-order valence-corrected chi connectivity index (χ0v) is 14.7. The van der Waals surface area contributed by atoms with Gasteiger partial charge in [0, 0.05) is 12.6 Å². The lowest BCUT2D eigenvalue weighted by molar-refractivity contribution is 0.244. The van der Waals surface area contributed by atoms with E-state index in [4.69, 9.17) is 0 Å². The maximum absolute atomic E-state index is 12.0. The van der Waals surface area contributed by atoms with E-state index in [-0.39, 0.29) is 6.03 Å². The maximum atomic E-state index is 12.0. The van der Waals surface area contributed by atoms with Crippen LogP contribution in [0.5, 0.6) is 0 Å². The van der Waals surface area contributed by atoms with E-state index in [2.05, 4.69) is 40.0 Å². The topological polar surface area (TPSA) is 66.0 Å². The molecular weight excluding hydrogens is 312 g/mol. The van der Waals surface area contributed by atoms with Gasteiger partial charge in [0.1, 0.15) is 5.82 Å². The lowest BCUT2D eigenvalue weighted by atomic mass is 9.96. The van der Waals surface area contributed by atoms with Crippen molar-refractivity contribution in [3.8, 4) is 0 Å². The van der Waals surface area contributed by atoms with E-state index in [0.717, 1.165) is 25.1 Å². The van der Waals surface area contributed by atoms with Crippen molar-refractivity contribution in [2.45, 2.75) is 51.6 Å². The van der Waals surface area contributed by atoms with Crippen LogP contribution in [-0.2, 0) is 6.54 Å². The molecular formula is C20H26N4O. The average molecular weight is 338 g/mol. The summed E-state index contributed by atoms with van der Waals surface area (Å²) >= 11 is 0. The molecule has 0 atom stereocenters. The molecule has 0 unspecified atom stereocenters. The Morgan fingerprint density at radius 3 is 2.64 bits per heavy atom. The third kappa shape index (κ3) is 5.21.